The second kappa shape index (κ2) is 22.3. The number of amidine groups is 1. The highest BCUT2D eigenvalue weighted by molar-refractivity contribution is 6.31. The van der Waals surface area contributed by atoms with Gasteiger partial charge in [0.05, 0.1) is 36.4 Å². The molecule has 3 N–H and O–H groups in total. The molecular weight excluding hydrogens is 866 g/mol. The number of fused-ring (bicyclic) bond motifs is 2. The molecule has 2 aromatic carbocycles. The number of aromatic nitrogens is 3. The van der Waals surface area contributed by atoms with Crippen LogP contribution in [-0.4, -0.2) is 85.3 Å². The first-order valence-electron chi connectivity index (χ1n) is 21.7. The SMILES string of the molecule is CC.CCN1C(=O)CCN(C(=O)NC2=CCN=C(OC)N2)c2nc(-c3cccc(Cl)c3)ccc21.CCN1CCCN(C(=O)Nc2cc(C)nc(C)c2)c2nc(-c3cccc(Cl)c3)ccc21. The number of aryl methyl sites for hydroxylation is 2. The summed E-state index contributed by atoms with van der Waals surface area (Å²) in [6.45, 7) is 15.2. The van der Waals surface area contributed by atoms with Crippen molar-refractivity contribution in [2.75, 3.05) is 71.3 Å². The van der Waals surface area contributed by atoms with Gasteiger partial charge in [-0.3, -0.25) is 30.2 Å². The van der Waals surface area contributed by atoms with Gasteiger partial charge in [-0.05, 0) is 101 Å². The number of nitrogens with one attached hydrogen (secondary N) is 3. The third-order valence-electron chi connectivity index (χ3n) is 10.5. The number of amides is 5. The van der Waals surface area contributed by atoms with E-state index in [-0.39, 0.29) is 24.9 Å². The van der Waals surface area contributed by atoms with Crippen molar-refractivity contribution in [2.45, 2.75) is 54.4 Å². The summed E-state index contributed by atoms with van der Waals surface area (Å²) in [5.74, 6) is 1.46. The summed E-state index contributed by atoms with van der Waals surface area (Å²) in [6, 6.07) is 26.1. The summed E-state index contributed by atoms with van der Waals surface area (Å²) in [5, 5.41) is 10.00. The first-order valence-corrected chi connectivity index (χ1v) is 22.5. The normalized spacial score (nSPS) is 14.3. The number of ether oxygens (including phenoxy) is 1. The Labute approximate surface area is 390 Å². The van der Waals surface area contributed by atoms with E-state index in [1.54, 1.807) is 21.9 Å². The Balaban J connectivity index is 0.000000208. The van der Waals surface area contributed by atoms with Gasteiger partial charge in [0.25, 0.3) is 6.02 Å². The molecule has 6 heterocycles. The number of aliphatic imine (C=N–C) groups is 1. The molecule has 3 aliphatic rings. The number of carbonyl (C=O) groups is 3. The van der Waals surface area contributed by atoms with Crippen molar-refractivity contribution in [2.24, 2.45) is 4.99 Å². The maximum Gasteiger partial charge on any atom is 0.328 e. The van der Waals surface area contributed by atoms with Crippen LogP contribution in [0.1, 0.15) is 51.9 Å². The maximum absolute atomic E-state index is 13.3. The highest BCUT2D eigenvalue weighted by Gasteiger charge is 2.31. The van der Waals surface area contributed by atoms with Gasteiger partial charge in [0.2, 0.25) is 5.91 Å². The highest BCUT2D eigenvalue weighted by atomic mass is 35.5. The predicted molar refractivity (Wildman–Crippen MR) is 262 cm³/mol. The van der Waals surface area contributed by atoms with Gasteiger partial charge in [0.1, 0.15) is 5.82 Å². The second-order valence-corrected chi connectivity index (χ2v) is 15.7. The van der Waals surface area contributed by atoms with Crippen LogP contribution in [0.2, 0.25) is 10.0 Å². The fraction of sp³-hybridized carbons (Fsp3) is 0.312. The van der Waals surface area contributed by atoms with E-state index in [9.17, 15) is 14.4 Å². The van der Waals surface area contributed by atoms with E-state index in [0.717, 1.165) is 59.1 Å². The van der Waals surface area contributed by atoms with Crippen molar-refractivity contribution in [1.29, 1.82) is 0 Å². The van der Waals surface area contributed by atoms with Gasteiger partial charge >= 0.3 is 12.1 Å². The third-order valence-corrected chi connectivity index (χ3v) is 11.0. The van der Waals surface area contributed by atoms with E-state index in [1.807, 2.05) is 107 Å². The lowest BCUT2D eigenvalue weighted by Crippen LogP contribution is -2.45. The molecule has 340 valence electrons. The van der Waals surface area contributed by atoms with E-state index in [0.29, 0.717) is 64.5 Å². The Bertz CT molecular complexity index is 2570. The van der Waals surface area contributed by atoms with E-state index >= 15 is 0 Å². The third kappa shape index (κ3) is 11.7. The van der Waals surface area contributed by atoms with Crippen LogP contribution in [0, 0.1) is 13.8 Å². The minimum absolute atomic E-state index is 0.0647. The summed E-state index contributed by atoms with van der Waals surface area (Å²) >= 11 is 12.3. The minimum atomic E-state index is -0.413. The monoisotopic (exact) mass is 919 g/mol. The lowest BCUT2D eigenvalue weighted by Gasteiger charge is -2.25. The molecule has 17 heteroatoms. The van der Waals surface area contributed by atoms with Crippen LogP contribution in [0.4, 0.5) is 38.3 Å². The van der Waals surface area contributed by atoms with E-state index in [4.69, 9.17) is 37.9 Å². The number of pyridine rings is 3. The molecule has 0 spiro atoms. The van der Waals surface area contributed by atoms with Gasteiger partial charge in [-0.2, -0.15) is 0 Å². The molecule has 0 fully saturated rings. The van der Waals surface area contributed by atoms with Crippen molar-refractivity contribution >= 4 is 75.9 Å². The Morgan fingerprint density at radius 1 is 0.738 bits per heavy atom. The van der Waals surface area contributed by atoms with Gasteiger partial charge in [0, 0.05) is 77.4 Å². The quantitative estimate of drug-likeness (QED) is 0.151. The van der Waals surface area contributed by atoms with Crippen LogP contribution >= 0.6 is 23.2 Å². The first kappa shape index (κ1) is 47.8. The van der Waals surface area contributed by atoms with Gasteiger partial charge in [0.15, 0.2) is 11.6 Å². The van der Waals surface area contributed by atoms with Crippen LogP contribution in [0.5, 0.6) is 0 Å². The van der Waals surface area contributed by atoms with Gasteiger partial charge in [-0.1, -0.05) is 61.3 Å². The molecule has 8 rings (SSSR count). The standard InChI is InChI=1S/C24H26ClN5O.C22H23ClN6O3.C2H6/c1-4-29-11-6-12-30(24(31)27-20-13-16(2)26-17(3)14-20)23-22(29)10-9-21(28-23)18-7-5-8-19(25)15-18;1-3-28-17-8-7-16(14-5-4-6-15(23)13-14)25-20(17)29(12-10-19(28)30)22(31)27-18-9-11-24-21(26-18)32-2;1-2/h5,7-10,13-15H,4,6,11-12H2,1-3H3,(H,26,27,31);4-9,13H,3,10-12H2,1-2H3,(H,24,26)(H,27,31);1-2H3. The number of rotatable bonds is 6. The number of carbonyl (C=O) groups excluding carboxylic acids is 3. The smallest absolute Gasteiger partial charge is 0.328 e. The van der Waals surface area contributed by atoms with Gasteiger partial charge in [-0.25, -0.2) is 24.5 Å². The summed E-state index contributed by atoms with van der Waals surface area (Å²) in [4.78, 5) is 64.6. The molecular formula is C48H55Cl2N11O4. The Kier molecular flexibility index (Phi) is 16.4. The summed E-state index contributed by atoms with van der Waals surface area (Å²) < 4.78 is 5.10. The average Bonchev–Trinajstić information content (AvgIpc) is 3.58. The largest absolute Gasteiger partial charge is 0.468 e. The lowest BCUT2D eigenvalue weighted by molar-refractivity contribution is -0.118. The number of methoxy groups -OCH3 is 1. The molecule has 0 saturated heterocycles. The molecule has 0 saturated carbocycles. The Morgan fingerprint density at radius 2 is 1.32 bits per heavy atom. The second-order valence-electron chi connectivity index (χ2n) is 14.8. The average molecular weight is 921 g/mol. The number of nitrogens with zero attached hydrogens (tertiary/aromatic N) is 8. The molecule has 0 radical (unpaired) electrons. The van der Waals surface area contributed by atoms with E-state index in [2.05, 4.69) is 43.8 Å². The van der Waals surface area contributed by atoms with Gasteiger partial charge in [-0.15, -0.1) is 0 Å². The lowest BCUT2D eigenvalue weighted by atomic mass is 10.1. The topological polar surface area (TPSA) is 161 Å². The predicted octanol–water partition coefficient (Wildman–Crippen LogP) is 9.83. The number of halogens is 2. The number of hydrogen-bond donors (Lipinski definition) is 3. The molecule has 0 aliphatic carbocycles. The number of urea groups is 2. The maximum atomic E-state index is 13.3. The highest BCUT2D eigenvalue weighted by Crippen LogP contribution is 2.36. The van der Waals surface area contributed by atoms with E-state index in [1.165, 1.54) is 12.0 Å². The van der Waals surface area contributed by atoms with Crippen molar-refractivity contribution in [3.8, 4) is 22.5 Å². The molecule has 15 nitrogen and oxygen atoms in total. The van der Waals surface area contributed by atoms with Crippen molar-refractivity contribution in [3.05, 3.63) is 118 Å². The zero-order valence-electron chi connectivity index (χ0n) is 37.8. The molecule has 3 aliphatic heterocycles. The number of hydrogen-bond acceptors (Lipinski definition) is 10. The van der Waals surface area contributed by atoms with E-state index < -0.39 is 6.03 Å². The molecule has 65 heavy (non-hydrogen) atoms. The molecule has 0 bridgehead atoms. The molecule has 5 aromatic rings. The minimum Gasteiger partial charge on any atom is -0.468 e. The van der Waals surface area contributed by atoms with Crippen LogP contribution in [0.3, 0.4) is 0 Å². The summed E-state index contributed by atoms with van der Waals surface area (Å²) in [7, 11) is 1.49. The van der Waals surface area contributed by atoms with Crippen LogP contribution in [-0.2, 0) is 9.53 Å². The van der Waals surface area contributed by atoms with Gasteiger partial charge < -0.3 is 19.9 Å². The molecule has 5 amide bonds. The zero-order valence-corrected chi connectivity index (χ0v) is 39.3. The zero-order chi connectivity index (χ0) is 46.6. The fourth-order valence-corrected chi connectivity index (χ4v) is 7.94. The van der Waals surface area contributed by atoms with Crippen molar-refractivity contribution in [1.82, 2.24) is 25.6 Å². The first-order chi connectivity index (χ1) is 31.4. The molecule has 3 aromatic heterocycles. The van der Waals surface area contributed by atoms with Crippen LogP contribution < -0.4 is 35.6 Å². The molecule has 0 atom stereocenters. The Morgan fingerprint density at radius 3 is 1.91 bits per heavy atom. The fourth-order valence-electron chi connectivity index (χ4n) is 7.56. The number of benzene rings is 2. The number of anilines is 5. The van der Waals surface area contributed by atoms with Crippen LogP contribution in [0.15, 0.2) is 102 Å². The van der Waals surface area contributed by atoms with Crippen LogP contribution in [0.25, 0.3) is 22.5 Å². The summed E-state index contributed by atoms with van der Waals surface area (Å²) in [6.07, 6.45) is 2.78. The Hall–Kier alpha value is -6.71. The van der Waals surface area contributed by atoms with Crippen molar-refractivity contribution < 1.29 is 19.1 Å². The van der Waals surface area contributed by atoms with Crippen molar-refractivity contribution in [3.63, 3.8) is 0 Å². The molecule has 0 unspecified atom stereocenters. The summed E-state index contributed by atoms with van der Waals surface area (Å²) in [5.41, 5.74) is 7.18.